The van der Waals surface area contributed by atoms with Crippen molar-refractivity contribution in [3.63, 3.8) is 0 Å². The predicted molar refractivity (Wildman–Crippen MR) is 74.3 cm³/mol. The molecule has 0 aliphatic rings. The van der Waals surface area contributed by atoms with Gasteiger partial charge in [0.25, 0.3) is 0 Å². The topological polar surface area (TPSA) is 38.3 Å². The number of benzene rings is 1. The average Bonchev–Trinajstić information content (AvgIpc) is 2.30. The van der Waals surface area contributed by atoms with Crippen molar-refractivity contribution >= 4 is 17.5 Å². The number of amides is 1. The van der Waals surface area contributed by atoms with Crippen LogP contribution in [0.25, 0.3) is 0 Å². The smallest absolute Gasteiger partial charge is 0.237 e. The maximum absolute atomic E-state index is 11.3. The van der Waals surface area contributed by atoms with Gasteiger partial charge in [-0.15, -0.1) is 11.6 Å². The fourth-order valence-electron chi connectivity index (χ4n) is 1.48. The number of hydrogen-bond donors (Lipinski definition) is 1. The van der Waals surface area contributed by atoms with Crippen molar-refractivity contribution in [2.24, 2.45) is 0 Å². The number of ether oxygens (including phenoxy) is 1. The fourth-order valence-corrected chi connectivity index (χ4v) is 1.55. The van der Waals surface area contributed by atoms with E-state index < -0.39 is 5.38 Å². The Morgan fingerprint density at radius 2 is 2.06 bits per heavy atom. The lowest BCUT2D eigenvalue weighted by Gasteiger charge is -2.17. The first-order valence-corrected chi connectivity index (χ1v) is 6.49. The number of hydrogen-bond acceptors (Lipinski definition) is 2. The first-order valence-electron chi connectivity index (χ1n) is 6.06. The predicted octanol–water partition coefficient (Wildman–Crippen LogP) is 2.81. The van der Waals surface area contributed by atoms with Gasteiger partial charge in [0, 0.05) is 0 Å². The minimum atomic E-state index is -0.516. The van der Waals surface area contributed by atoms with Gasteiger partial charge in [0.1, 0.15) is 17.2 Å². The largest absolute Gasteiger partial charge is 0.489 e. The third-order valence-electron chi connectivity index (χ3n) is 2.60. The van der Waals surface area contributed by atoms with Crippen molar-refractivity contribution in [2.75, 3.05) is 6.54 Å². The second kappa shape index (κ2) is 6.64. The van der Waals surface area contributed by atoms with Gasteiger partial charge in [-0.1, -0.05) is 12.1 Å². The zero-order valence-electron chi connectivity index (χ0n) is 11.3. The second-order valence-electron chi connectivity index (χ2n) is 4.56. The number of rotatable bonds is 5. The van der Waals surface area contributed by atoms with Crippen molar-refractivity contribution < 1.29 is 9.53 Å². The van der Waals surface area contributed by atoms with Crippen molar-refractivity contribution in [3.05, 3.63) is 29.3 Å². The van der Waals surface area contributed by atoms with E-state index in [2.05, 4.69) is 5.32 Å². The van der Waals surface area contributed by atoms with Crippen LogP contribution in [0.1, 0.15) is 25.0 Å². The molecule has 0 aliphatic heterocycles. The first-order chi connectivity index (χ1) is 8.40. The summed E-state index contributed by atoms with van der Waals surface area (Å²) in [6.45, 7) is 8.03. The van der Waals surface area contributed by atoms with E-state index in [0.717, 1.165) is 16.9 Å². The van der Waals surface area contributed by atoms with Crippen LogP contribution in [-0.2, 0) is 4.79 Å². The lowest BCUT2D eigenvalue weighted by atomic mass is 10.1. The summed E-state index contributed by atoms with van der Waals surface area (Å²) in [7, 11) is 0. The third-order valence-corrected chi connectivity index (χ3v) is 2.80. The minimum absolute atomic E-state index is 0.0927. The number of alkyl halides is 1. The fraction of sp³-hybridized carbons (Fsp3) is 0.500. The average molecular weight is 270 g/mol. The molecule has 0 saturated carbocycles. The first kappa shape index (κ1) is 14.8. The molecule has 1 N–H and O–H groups in total. The van der Waals surface area contributed by atoms with Crippen molar-refractivity contribution in [1.82, 2.24) is 5.32 Å². The molecule has 1 rings (SSSR count). The van der Waals surface area contributed by atoms with Crippen LogP contribution in [-0.4, -0.2) is 23.9 Å². The number of halogens is 1. The van der Waals surface area contributed by atoms with Crippen LogP contribution in [0, 0.1) is 13.8 Å². The van der Waals surface area contributed by atoms with Gasteiger partial charge >= 0.3 is 0 Å². The van der Waals surface area contributed by atoms with E-state index in [-0.39, 0.29) is 12.0 Å². The van der Waals surface area contributed by atoms with Crippen LogP contribution in [0.15, 0.2) is 18.2 Å². The molecule has 1 aromatic rings. The van der Waals surface area contributed by atoms with E-state index in [1.165, 1.54) is 0 Å². The molecule has 0 aliphatic carbocycles. The van der Waals surface area contributed by atoms with Crippen LogP contribution in [0.3, 0.4) is 0 Å². The Morgan fingerprint density at radius 3 is 2.67 bits per heavy atom. The van der Waals surface area contributed by atoms with Crippen molar-refractivity contribution in [2.45, 2.75) is 39.2 Å². The Kier molecular flexibility index (Phi) is 5.48. The van der Waals surface area contributed by atoms with E-state index in [4.69, 9.17) is 16.3 Å². The van der Waals surface area contributed by atoms with Crippen LogP contribution in [0.4, 0.5) is 0 Å². The lowest BCUT2D eigenvalue weighted by molar-refractivity contribution is -0.120. The second-order valence-corrected chi connectivity index (χ2v) is 5.21. The normalized spacial score (nSPS) is 13.8. The zero-order chi connectivity index (χ0) is 13.7. The maximum Gasteiger partial charge on any atom is 0.237 e. The summed E-state index contributed by atoms with van der Waals surface area (Å²) in [4.78, 5) is 11.3. The Morgan fingerprint density at radius 1 is 1.39 bits per heavy atom. The molecule has 2 atom stereocenters. The third kappa shape index (κ3) is 4.57. The molecular weight excluding hydrogens is 250 g/mol. The molecule has 0 fully saturated rings. The molecule has 1 amide bonds. The summed E-state index contributed by atoms with van der Waals surface area (Å²) in [5.74, 6) is 0.684. The van der Waals surface area contributed by atoms with Crippen LogP contribution >= 0.6 is 11.6 Å². The van der Waals surface area contributed by atoms with E-state index >= 15 is 0 Å². The van der Waals surface area contributed by atoms with Crippen LogP contribution in [0.5, 0.6) is 5.75 Å². The summed E-state index contributed by atoms with van der Waals surface area (Å²) >= 11 is 5.67. The van der Waals surface area contributed by atoms with Gasteiger partial charge < -0.3 is 10.1 Å². The molecule has 0 aromatic heterocycles. The number of carbonyl (C=O) groups is 1. The van der Waals surface area contributed by atoms with E-state index in [0.29, 0.717) is 6.54 Å². The van der Waals surface area contributed by atoms with Gasteiger partial charge in [0.05, 0.1) is 6.54 Å². The number of carbonyl (C=O) groups excluding carboxylic acids is 1. The highest BCUT2D eigenvalue weighted by atomic mass is 35.5. The highest BCUT2D eigenvalue weighted by molar-refractivity contribution is 6.30. The Bertz CT molecular complexity index is 418. The summed E-state index contributed by atoms with van der Waals surface area (Å²) in [5.41, 5.74) is 2.24. The van der Waals surface area contributed by atoms with Gasteiger partial charge in [0.15, 0.2) is 0 Å². The SMILES string of the molecule is Cc1ccc(C)c(OC(C)CNC(=O)C(C)Cl)c1. The maximum atomic E-state index is 11.3. The molecule has 2 unspecified atom stereocenters. The molecule has 0 bridgehead atoms. The monoisotopic (exact) mass is 269 g/mol. The zero-order valence-corrected chi connectivity index (χ0v) is 12.0. The summed E-state index contributed by atoms with van der Waals surface area (Å²) < 4.78 is 5.80. The Hall–Kier alpha value is -1.22. The molecule has 100 valence electrons. The van der Waals surface area contributed by atoms with Gasteiger partial charge in [0.2, 0.25) is 5.91 Å². The Labute approximate surface area is 113 Å². The number of nitrogens with one attached hydrogen (secondary N) is 1. The lowest BCUT2D eigenvalue weighted by Crippen LogP contribution is -2.37. The van der Waals surface area contributed by atoms with Crippen LogP contribution in [0.2, 0.25) is 0 Å². The van der Waals surface area contributed by atoms with Crippen LogP contribution < -0.4 is 10.1 Å². The summed E-state index contributed by atoms with van der Waals surface area (Å²) in [5, 5.41) is 2.22. The summed E-state index contributed by atoms with van der Waals surface area (Å²) in [6.07, 6.45) is -0.0927. The summed E-state index contributed by atoms with van der Waals surface area (Å²) in [6, 6.07) is 6.07. The Balaban J connectivity index is 2.51. The highest BCUT2D eigenvalue weighted by Crippen LogP contribution is 2.20. The van der Waals surface area contributed by atoms with E-state index in [1.54, 1.807) is 6.92 Å². The van der Waals surface area contributed by atoms with Gasteiger partial charge in [-0.2, -0.15) is 0 Å². The molecular formula is C14H20ClNO2. The quantitative estimate of drug-likeness (QED) is 0.835. The standard InChI is InChI=1S/C14H20ClNO2/c1-9-5-6-10(2)13(7-9)18-11(3)8-16-14(17)12(4)15/h5-7,11-12H,8H2,1-4H3,(H,16,17). The highest BCUT2D eigenvalue weighted by Gasteiger charge is 2.11. The molecule has 18 heavy (non-hydrogen) atoms. The minimum Gasteiger partial charge on any atom is -0.489 e. The van der Waals surface area contributed by atoms with Gasteiger partial charge in [-0.05, 0) is 44.9 Å². The molecule has 4 heteroatoms. The van der Waals surface area contributed by atoms with Crippen molar-refractivity contribution in [1.29, 1.82) is 0 Å². The van der Waals surface area contributed by atoms with Crippen molar-refractivity contribution in [3.8, 4) is 5.75 Å². The molecule has 0 heterocycles. The molecule has 1 aromatic carbocycles. The van der Waals surface area contributed by atoms with E-state index in [1.807, 2.05) is 39.0 Å². The number of aryl methyl sites for hydroxylation is 2. The van der Waals surface area contributed by atoms with Gasteiger partial charge in [-0.25, -0.2) is 0 Å². The molecule has 0 spiro atoms. The molecule has 0 radical (unpaired) electrons. The van der Waals surface area contributed by atoms with Gasteiger partial charge in [-0.3, -0.25) is 4.79 Å². The molecule has 0 saturated heterocycles. The van der Waals surface area contributed by atoms with E-state index in [9.17, 15) is 4.79 Å². The molecule has 3 nitrogen and oxygen atoms in total.